The number of aromatic nitrogens is 3. The molecule has 116 valence electrons. The SMILES string of the molecule is COC(=O)c1cc(-c2ccc(O)c(O)c2)n(-c2ccncc2)n1. The van der Waals surface area contributed by atoms with Crippen LogP contribution in [0.5, 0.6) is 11.5 Å². The maximum Gasteiger partial charge on any atom is 0.358 e. The normalized spacial score (nSPS) is 10.5. The fourth-order valence-corrected chi connectivity index (χ4v) is 2.16. The number of hydrogen-bond donors (Lipinski definition) is 2. The number of methoxy groups -OCH3 is 1. The molecule has 3 rings (SSSR count). The number of carbonyl (C=O) groups is 1. The molecule has 0 fully saturated rings. The minimum Gasteiger partial charge on any atom is -0.504 e. The third kappa shape index (κ3) is 2.71. The average Bonchev–Trinajstić information content (AvgIpc) is 3.03. The first-order chi connectivity index (χ1) is 11.1. The van der Waals surface area contributed by atoms with Gasteiger partial charge in [0.25, 0.3) is 0 Å². The molecule has 7 nitrogen and oxygen atoms in total. The Kier molecular flexibility index (Phi) is 3.68. The number of benzene rings is 1. The maximum absolute atomic E-state index is 11.8. The number of esters is 1. The first kappa shape index (κ1) is 14.6. The molecule has 0 atom stereocenters. The monoisotopic (exact) mass is 311 g/mol. The summed E-state index contributed by atoms with van der Waals surface area (Å²) in [5.74, 6) is -1.05. The van der Waals surface area contributed by atoms with Gasteiger partial charge in [-0.15, -0.1) is 0 Å². The van der Waals surface area contributed by atoms with Crippen LogP contribution in [0.1, 0.15) is 10.5 Å². The fraction of sp³-hybridized carbons (Fsp3) is 0.0625. The molecule has 0 radical (unpaired) electrons. The molecule has 23 heavy (non-hydrogen) atoms. The van der Waals surface area contributed by atoms with E-state index in [0.29, 0.717) is 16.9 Å². The Labute approximate surface area is 131 Å². The molecule has 0 bridgehead atoms. The lowest BCUT2D eigenvalue weighted by Gasteiger charge is -2.08. The zero-order valence-electron chi connectivity index (χ0n) is 12.2. The van der Waals surface area contributed by atoms with Crippen LogP contribution in [-0.4, -0.2) is 38.1 Å². The topological polar surface area (TPSA) is 97.5 Å². The molecule has 0 aliphatic rings. The number of rotatable bonds is 3. The Hall–Kier alpha value is -3.35. The van der Waals surface area contributed by atoms with Gasteiger partial charge in [-0.1, -0.05) is 0 Å². The van der Waals surface area contributed by atoms with Crippen LogP contribution in [-0.2, 0) is 4.74 Å². The van der Waals surface area contributed by atoms with E-state index in [0.717, 1.165) is 0 Å². The van der Waals surface area contributed by atoms with Crippen molar-refractivity contribution in [3.8, 4) is 28.4 Å². The van der Waals surface area contributed by atoms with E-state index in [4.69, 9.17) is 4.74 Å². The van der Waals surface area contributed by atoms with Crippen molar-refractivity contribution in [2.45, 2.75) is 0 Å². The quantitative estimate of drug-likeness (QED) is 0.568. The van der Waals surface area contributed by atoms with E-state index in [9.17, 15) is 15.0 Å². The molecule has 1 aromatic carbocycles. The van der Waals surface area contributed by atoms with E-state index in [1.54, 1.807) is 41.3 Å². The summed E-state index contributed by atoms with van der Waals surface area (Å²) >= 11 is 0. The van der Waals surface area contributed by atoms with Crippen LogP contribution in [0.3, 0.4) is 0 Å². The zero-order valence-corrected chi connectivity index (χ0v) is 12.2. The van der Waals surface area contributed by atoms with Gasteiger partial charge in [0.2, 0.25) is 0 Å². The van der Waals surface area contributed by atoms with Crippen molar-refractivity contribution in [3.05, 3.63) is 54.5 Å². The van der Waals surface area contributed by atoms with E-state index < -0.39 is 5.97 Å². The highest BCUT2D eigenvalue weighted by atomic mass is 16.5. The lowest BCUT2D eigenvalue weighted by molar-refractivity contribution is 0.0593. The van der Waals surface area contributed by atoms with Gasteiger partial charge in [0.05, 0.1) is 18.5 Å². The second-order valence-corrected chi connectivity index (χ2v) is 4.73. The summed E-state index contributed by atoms with van der Waals surface area (Å²) in [5, 5.41) is 23.4. The van der Waals surface area contributed by atoms with E-state index in [-0.39, 0.29) is 17.2 Å². The molecule has 0 aliphatic carbocycles. The fourth-order valence-electron chi connectivity index (χ4n) is 2.16. The zero-order chi connectivity index (χ0) is 16.4. The first-order valence-electron chi connectivity index (χ1n) is 6.71. The average molecular weight is 311 g/mol. The second-order valence-electron chi connectivity index (χ2n) is 4.73. The number of aromatic hydroxyl groups is 2. The number of nitrogens with zero attached hydrogens (tertiary/aromatic N) is 3. The maximum atomic E-state index is 11.8. The number of phenolic OH excluding ortho intramolecular Hbond substituents is 2. The Morgan fingerprint density at radius 3 is 2.48 bits per heavy atom. The lowest BCUT2D eigenvalue weighted by atomic mass is 10.1. The van der Waals surface area contributed by atoms with Crippen LogP contribution in [0.15, 0.2) is 48.8 Å². The number of hydrogen-bond acceptors (Lipinski definition) is 6. The molecule has 0 saturated carbocycles. The highest BCUT2D eigenvalue weighted by Gasteiger charge is 2.17. The summed E-state index contributed by atoms with van der Waals surface area (Å²) in [6.07, 6.45) is 3.21. The van der Waals surface area contributed by atoms with Crippen molar-refractivity contribution in [1.82, 2.24) is 14.8 Å². The van der Waals surface area contributed by atoms with Crippen molar-refractivity contribution in [2.75, 3.05) is 7.11 Å². The summed E-state index contributed by atoms with van der Waals surface area (Å²) in [6, 6.07) is 9.40. The molecular weight excluding hydrogens is 298 g/mol. The Morgan fingerprint density at radius 2 is 1.83 bits per heavy atom. The van der Waals surface area contributed by atoms with E-state index in [2.05, 4.69) is 10.1 Å². The van der Waals surface area contributed by atoms with Crippen LogP contribution in [0, 0.1) is 0 Å². The lowest BCUT2D eigenvalue weighted by Crippen LogP contribution is -2.04. The van der Waals surface area contributed by atoms with Crippen LogP contribution >= 0.6 is 0 Å². The van der Waals surface area contributed by atoms with Gasteiger partial charge in [-0.25, -0.2) is 9.48 Å². The predicted octanol–water partition coefficient (Wildman–Crippen LogP) is 2.13. The summed E-state index contributed by atoms with van der Waals surface area (Å²) < 4.78 is 6.24. The molecule has 0 unspecified atom stereocenters. The summed E-state index contributed by atoms with van der Waals surface area (Å²) in [4.78, 5) is 15.7. The van der Waals surface area contributed by atoms with Gasteiger partial charge in [0, 0.05) is 18.0 Å². The van der Waals surface area contributed by atoms with E-state index >= 15 is 0 Å². The predicted molar refractivity (Wildman–Crippen MR) is 81.5 cm³/mol. The van der Waals surface area contributed by atoms with Crippen LogP contribution in [0.25, 0.3) is 16.9 Å². The van der Waals surface area contributed by atoms with Crippen molar-refractivity contribution >= 4 is 5.97 Å². The summed E-state index contributed by atoms with van der Waals surface area (Å²) in [5.41, 5.74) is 1.97. The molecule has 0 aliphatic heterocycles. The van der Waals surface area contributed by atoms with Crippen LogP contribution < -0.4 is 0 Å². The van der Waals surface area contributed by atoms with Gasteiger partial charge >= 0.3 is 5.97 Å². The summed E-state index contributed by atoms with van der Waals surface area (Å²) in [6.45, 7) is 0. The molecule has 2 heterocycles. The molecule has 0 amide bonds. The number of ether oxygens (including phenoxy) is 1. The number of pyridine rings is 1. The largest absolute Gasteiger partial charge is 0.504 e. The highest BCUT2D eigenvalue weighted by molar-refractivity contribution is 5.89. The third-order valence-corrected chi connectivity index (χ3v) is 3.28. The first-order valence-corrected chi connectivity index (χ1v) is 6.71. The smallest absolute Gasteiger partial charge is 0.358 e. The highest BCUT2D eigenvalue weighted by Crippen LogP contribution is 2.32. The Balaban J connectivity index is 2.19. The van der Waals surface area contributed by atoms with E-state index in [1.165, 1.54) is 19.2 Å². The molecule has 2 aromatic heterocycles. The van der Waals surface area contributed by atoms with Gasteiger partial charge in [0.1, 0.15) is 0 Å². The van der Waals surface area contributed by atoms with Crippen molar-refractivity contribution in [2.24, 2.45) is 0 Å². The molecule has 2 N–H and O–H groups in total. The van der Waals surface area contributed by atoms with Gasteiger partial charge in [-0.3, -0.25) is 4.98 Å². The van der Waals surface area contributed by atoms with Crippen LogP contribution in [0.4, 0.5) is 0 Å². The Morgan fingerprint density at radius 1 is 1.09 bits per heavy atom. The Bertz CT molecular complexity index is 859. The minimum absolute atomic E-state index is 0.131. The standard InChI is InChI=1S/C16H13N3O4/c1-23-16(22)12-9-13(10-2-3-14(20)15(21)8-10)19(18-12)11-4-6-17-7-5-11/h2-9,20-21H,1H3. The molecule has 3 aromatic rings. The summed E-state index contributed by atoms with van der Waals surface area (Å²) in [7, 11) is 1.28. The van der Waals surface area contributed by atoms with Gasteiger partial charge in [-0.2, -0.15) is 5.10 Å². The molecule has 0 spiro atoms. The van der Waals surface area contributed by atoms with Crippen molar-refractivity contribution in [3.63, 3.8) is 0 Å². The third-order valence-electron chi connectivity index (χ3n) is 3.28. The van der Waals surface area contributed by atoms with Gasteiger partial charge in [0.15, 0.2) is 17.2 Å². The number of carbonyl (C=O) groups excluding carboxylic acids is 1. The molecule has 7 heteroatoms. The van der Waals surface area contributed by atoms with E-state index in [1.807, 2.05) is 0 Å². The van der Waals surface area contributed by atoms with Crippen molar-refractivity contribution in [1.29, 1.82) is 0 Å². The van der Waals surface area contributed by atoms with Crippen molar-refractivity contribution < 1.29 is 19.7 Å². The molecule has 0 saturated heterocycles. The van der Waals surface area contributed by atoms with Gasteiger partial charge < -0.3 is 14.9 Å². The number of phenols is 2. The van der Waals surface area contributed by atoms with Crippen LogP contribution in [0.2, 0.25) is 0 Å². The molecular formula is C16H13N3O4. The second kappa shape index (κ2) is 5.80. The minimum atomic E-state index is -0.568. The van der Waals surface area contributed by atoms with Gasteiger partial charge in [-0.05, 0) is 36.4 Å².